The third kappa shape index (κ3) is 4.53. The van der Waals surface area contributed by atoms with Crippen LogP contribution in [0.1, 0.15) is 58.4 Å². The van der Waals surface area contributed by atoms with Crippen LogP contribution in [0.25, 0.3) is 0 Å². The van der Waals surface area contributed by atoms with Crippen molar-refractivity contribution in [3.63, 3.8) is 0 Å². The molecular formula is C20H30N2O3. The second-order valence-corrected chi connectivity index (χ2v) is 8.15. The van der Waals surface area contributed by atoms with Crippen molar-refractivity contribution in [2.24, 2.45) is 5.41 Å². The first-order chi connectivity index (χ1) is 11.7. The van der Waals surface area contributed by atoms with Gasteiger partial charge in [-0.25, -0.2) is 4.79 Å². The third-order valence-electron chi connectivity index (χ3n) is 5.19. The van der Waals surface area contributed by atoms with Crippen LogP contribution in [0.5, 0.6) is 0 Å². The van der Waals surface area contributed by atoms with Gasteiger partial charge in [-0.15, -0.1) is 0 Å². The van der Waals surface area contributed by atoms with Gasteiger partial charge in [-0.3, -0.25) is 4.79 Å². The molecule has 5 heteroatoms. The molecule has 25 heavy (non-hydrogen) atoms. The molecule has 1 fully saturated rings. The number of amides is 2. The molecular weight excluding hydrogens is 316 g/mol. The van der Waals surface area contributed by atoms with Crippen LogP contribution in [0.4, 0.5) is 10.5 Å². The van der Waals surface area contributed by atoms with Gasteiger partial charge < -0.3 is 15.3 Å². The highest BCUT2D eigenvalue weighted by Gasteiger charge is 2.44. The number of carboxylic acid groups (broad SMARTS) is 1. The molecule has 5 nitrogen and oxygen atoms in total. The van der Waals surface area contributed by atoms with E-state index in [1.807, 2.05) is 52.0 Å². The molecule has 0 spiro atoms. The van der Waals surface area contributed by atoms with E-state index < -0.39 is 17.0 Å². The minimum absolute atomic E-state index is 0.0583. The average molecular weight is 346 g/mol. The molecule has 2 rings (SSSR count). The number of para-hydroxylation sites is 1. The quantitative estimate of drug-likeness (QED) is 0.833. The van der Waals surface area contributed by atoms with Crippen molar-refractivity contribution in [1.29, 1.82) is 0 Å². The van der Waals surface area contributed by atoms with E-state index in [1.165, 1.54) is 4.90 Å². The Balaban J connectivity index is 2.29. The SMILES string of the molecule is Cc1ccccc1NC(=O)C1(CN(C(=O)O)C(C)(C)C)CCCCC1. The summed E-state index contributed by atoms with van der Waals surface area (Å²) in [6, 6.07) is 7.69. The molecule has 0 bridgehead atoms. The number of hydrogen-bond donors (Lipinski definition) is 2. The minimum Gasteiger partial charge on any atom is -0.465 e. The molecule has 0 aromatic heterocycles. The summed E-state index contributed by atoms with van der Waals surface area (Å²) in [5.41, 5.74) is 0.605. The van der Waals surface area contributed by atoms with Crippen LogP contribution >= 0.6 is 0 Å². The van der Waals surface area contributed by atoms with E-state index in [0.29, 0.717) is 0 Å². The lowest BCUT2D eigenvalue weighted by molar-refractivity contribution is -0.129. The molecule has 1 saturated carbocycles. The lowest BCUT2D eigenvalue weighted by atomic mass is 9.72. The van der Waals surface area contributed by atoms with E-state index in [2.05, 4.69) is 5.32 Å². The summed E-state index contributed by atoms with van der Waals surface area (Å²) >= 11 is 0. The highest BCUT2D eigenvalue weighted by atomic mass is 16.4. The number of hydrogen-bond acceptors (Lipinski definition) is 2. The maximum Gasteiger partial charge on any atom is 0.407 e. The minimum atomic E-state index is -0.971. The van der Waals surface area contributed by atoms with Gasteiger partial charge in [0.05, 0.1) is 5.41 Å². The van der Waals surface area contributed by atoms with Gasteiger partial charge in [-0.1, -0.05) is 37.5 Å². The zero-order chi connectivity index (χ0) is 18.7. The first kappa shape index (κ1) is 19.3. The van der Waals surface area contributed by atoms with Crippen molar-refractivity contribution >= 4 is 17.7 Å². The molecule has 0 heterocycles. The van der Waals surface area contributed by atoms with E-state index >= 15 is 0 Å². The molecule has 1 aliphatic rings. The summed E-state index contributed by atoms with van der Waals surface area (Å²) in [5, 5.41) is 12.7. The summed E-state index contributed by atoms with van der Waals surface area (Å²) in [6.07, 6.45) is 3.50. The molecule has 138 valence electrons. The fraction of sp³-hybridized carbons (Fsp3) is 0.600. The number of carbonyl (C=O) groups is 2. The van der Waals surface area contributed by atoms with Gasteiger partial charge in [0.15, 0.2) is 0 Å². The monoisotopic (exact) mass is 346 g/mol. The molecule has 0 radical (unpaired) electrons. The second kappa shape index (κ2) is 7.46. The molecule has 2 N–H and O–H groups in total. The van der Waals surface area contributed by atoms with Crippen LogP contribution in [0.15, 0.2) is 24.3 Å². The normalized spacial score (nSPS) is 17.0. The number of rotatable bonds is 4. The van der Waals surface area contributed by atoms with Gasteiger partial charge in [0.2, 0.25) is 5.91 Å². The Bertz CT molecular complexity index is 628. The van der Waals surface area contributed by atoms with Crippen molar-refractivity contribution in [3.05, 3.63) is 29.8 Å². The maximum absolute atomic E-state index is 13.2. The molecule has 1 aromatic carbocycles. The fourth-order valence-electron chi connectivity index (χ4n) is 3.55. The summed E-state index contributed by atoms with van der Waals surface area (Å²) in [4.78, 5) is 26.4. The van der Waals surface area contributed by atoms with Crippen LogP contribution in [-0.4, -0.2) is 34.1 Å². The van der Waals surface area contributed by atoms with Gasteiger partial charge in [0.1, 0.15) is 0 Å². The fourth-order valence-corrected chi connectivity index (χ4v) is 3.55. The summed E-state index contributed by atoms with van der Waals surface area (Å²) < 4.78 is 0. The standard InChI is InChI=1S/C20H30N2O3/c1-15-10-6-7-11-16(15)21-17(23)20(12-8-5-9-13-20)14-22(18(24)25)19(2,3)4/h6-7,10-11H,5,8-9,12-14H2,1-4H3,(H,21,23)(H,24,25). The maximum atomic E-state index is 13.2. The van der Waals surface area contributed by atoms with Crippen molar-refractivity contribution in [1.82, 2.24) is 4.90 Å². The van der Waals surface area contributed by atoms with Crippen LogP contribution in [-0.2, 0) is 4.79 Å². The third-order valence-corrected chi connectivity index (χ3v) is 5.19. The molecule has 1 aliphatic carbocycles. The number of nitrogens with one attached hydrogen (secondary N) is 1. The van der Waals surface area contributed by atoms with Crippen molar-refractivity contribution in [2.45, 2.75) is 65.3 Å². The topological polar surface area (TPSA) is 69.6 Å². The number of anilines is 1. The van der Waals surface area contributed by atoms with Crippen LogP contribution in [0.2, 0.25) is 0 Å². The summed E-state index contributed by atoms with van der Waals surface area (Å²) in [7, 11) is 0. The van der Waals surface area contributed by atoms with E-state index in [4.69, 9.17) is 0 Å². The van der Waals surface area contributed by atoms with Crippen LogP contribution < -0.4 is 5.32 Å². The van der Waals surface area contributed by atoms with Crippen molar-refractivity contribution in [2.75, 3.05) is 11.9 Å². The highest BCUT2D eigenvalue weighted by molar-refractivity contribution is 5.96. The largest absolute Gasteiger partial charge is 0.465 e. The first-order valence-electron chi connectivity index (χ1n) is 9.03. The Morgan fingerprint density at radius 1 is 1.16 bits per heavy atom. The zero-order valence-electron chi connectivity index (χ0n) is 15.8. The number of benzene rings is 1. The van der Waals surface area contributed by atoms with E-state index in [1.54, 1.807) is 0 Å². The smallest absolute Gasteiger partial charge is 0.407 e. The van der Waals surface area contributed by atoms with Crippen molar-refractivity contribution < 1.29 is 14.7 Å². The molecule has 1 aromatic rings. The second-order valence-electron chi connectivity index (χ2n) is 8.15. The Kier molecular flexibility index (Phi) is 5.76. The molecule has 0 unspecified atom stereocenters. The van der Waals surface area contributed by atoms with E-state index in [0.717, 1.165) is 43.4 Å². The van der Waals surface area contributed by atoms with Crippen molar-refractivity contribution in [3.8, 4) is 0 Å². The predicted octanol–water partition coefficient (Wildman–Crippen LogP) is 4.66. The Labute approximate surface area is 150 Å². The van der Waals surface area contributed by atoms with Gasteiger partial charge in [0.25, 0.3) is 0 Å². The number of nitrogens with zero attached hydrogens (tertiary/aromatic N) is 1. The van der Waals surface area contributed by atoms with Gasteiger partial charge in [-0.2, -0.15) is 0 Å². The lowest BCUT2D eigenvalue weighted by Gasteiger charge is -2.43. The molecule has 0 aliphatic heterocycles. The Hall–Kier alpha value is -2.04. The number of carbonyl (C=O) groups excluding carboxylic acids is 1. The van der Waals surface area contributed by atoms with Gasteiger partial charge >= 0.3 is 6.09 Å². The highest BCUT2D eigenvalue weighted by Crippen LogP contribution is 2.39. The first-order valence-corrected chi connectivity index (χ1v) is 9.03. The summed E-state index contributed by atoms with van der Waals surface area (Å²) in [6.45, 7) is 7.82. The van der Waals surface area contributed by atoms with Gasteiger partial charge in [-0.05, 0) is 52.2 Å². The number of aryl methyl sites for hydroxylation is 1. The average Bonchev–Trinajstić information content (AvgIpc) is 2.54. The van der Waals surface area contributed by atoms with Crippen LogP contribution in [0, 0.1) is 12.3 Å². The molecule has 2 amide bonds. The zero-order valence-corrected chi connectivity index (χ0v) is 15.8. The van der Waals surface area contributed by atoms with Gasteiger partial charge in [0, 0.05) is 17.8 Å². The van der Waals surface area contributed by atoms with E-state index in [9.17, 15) is 14.7 Å². The Morgan fingerprint density at radius 3 is 2.28 bits per heavy atom. The predicted molar refractivity (Wildman–Crippen MR) is 99.8 cm³/mol. The molecule has 0 saturated heterocycles. The summed E-state index contributed by atoms with van der Waals surface area (Å²) in [5.74, 6) is -0.0583. The lowest BCUT2D eigenvalue weighted by Crippen LogP contribution is -2.54. The Morgan fingerprint density at radius 2 is 1.76 bits per heavy atom. The molecule has 0 atom stereocenters. The van der Waals surface area contributed by atoms with E-state index in [-0.39, 0.29) is 12.5 Å². The van der Waals surface area contributed by atoms with Crippen LogP contribution in [0.3, 0.4) is 0 Å².